The number of nitrogens with two attached hydrogens (primary N) is 1. The molecule has 2 N–H and O–H groups in total. The van der Waals surface area contributed by atoms with Crippen LogP contribution in [0.5, 0.6) is 0 Å². The summed E-state index contributed by atoms with van der Waals surface area (Å²) in [5, 5.41) is 0. The number of allylic oxidation sites excluding steroid dienone is 1. The van der Waals surface area contributed by atoms with Crippen LogP contribution < -0.4 is 5.73 Å². The van der Waals surface area contributed by atoms with Crippen molar-refractivity contribution >= 4 is 23.9 Å². The van der Waals surface area contributed by atoms with E-state index in [2.05, 4.69) is 34.0 Å². The minimum absolute atomic E-state index is 0.0463. The molecule has 1 heterocycles. The second-order valence-corrected chi connectivity index (χ2v) is 7.52. The molecule has 2 aromatic carbocycles. The lowest BCUT2D eigenvalue weighted by Gasteiger charge is -2.21. The van der Waals surface area contributed by atoms with E-state index in [0.717, 1.165) is 47.2 Å². The monoisotopic (exact) mass is 397 g/mol. The molecule has 0 saturated carbocycles. The third kappa shape index (κ3) is 5.12. The van der Waals surface area contributed by atoms with Crippen LogP contribution in [0, 0.1) is 18.8 Å². The summed E-state index contributed by atoms with van der Waals surface area (Å²) in [6.07, 6.45) is 8.25. The first kappa shape index (κ1) is 21.3. The number of hydrogen-bond donors (Lipinski definition) is 1. The van der Waals surface area contributed by atoms with Gasteiger partial charge in [-0.3, -0.25) is 14.8 Å². The maximum atomic E-state index is 11.6. The molecule has 2 aromatic rings. The second kappa shape index (κ2) is 9.84. The molecule has 3 rings (SSSR count). The Balaban J connectivity index is 1.81. The van der Waals surface area contributed by atoms with E-state index in [1.807, 2.05) is 43.6 Å². The van der Waals surface area contributed by atoms with Crippen molar-refractivity contribution in [3.8, 4) is 11.8 Å². The molecule has 1 aliphatic heterocycles. The SMILES string of the molecule is CN=CC(=CN)CCC1CC=Nc2cc(C#Cc3cc(C(C)=O)ccc3C)ccc21. The van der Waals surface area contributed by atoms with Crippen molar-refractivity contribution in [1.82, 2.24) is 0 Å². The van der Waals surface area contributed by atoms with Crippen molar-refractivity contribution in [1.29, 1.82) is 0 Å². The third-order valence-corrected chi connectivity index (χ3v) is 5.37. The lowest BCUT2D eigenvalue weighted by atomic mass is 9.87. The van der Waals surface area contributed by atoms with E-state index in [1.165, 1.54) is 5.56 Å². The van der Waals surface area contributed by atoms with Crippen LogP contribution >= 0.6 is 0 Å². The number of rotatable bonds is 5. The summed E-state index contributed by atoms with van der Waals surface area (Å²) in [6.45, 7) is 3.57. The first-order valence-electron chi connectivity index (χ1n) is 10.1. The van der Waals surface area contributed by atoms with Crippen molar-refractivity contribution in [2.24, 2.45) is 15.7 Å². The number of fused-ring (bicyclic) bond motifs is 1. The molecule has 0 radical (unpaired) electrons. The number of ketones is 1. The van der Waals surface area contributed by atoms with Gasteiger partial charge in [-0.15, -0.1) is 0 Å². The fourth-order valence-electron chi connectivity index (χ4n) is 3.57. The molecule has 1 atom stereocenters. The van der Waals surface area contributed by atoms with Gasteiger partial charge in [-0.1, -0.05) is 30.0 Å². The zero-order chi connectivity index (χ0) is 21.5. The van der Waals surface area contributed by atoms with Gasteiger partial charge in [0.1, 0.15) is 0 Å². The number of hydrogen-bond acceptors (Lipinski definition) is 4. The zero-order valence-electron chi connectivity index (χ0n) is 17.8. The fourth-order valence-corrected chi connectivity index (χ4v) is 3.57. The van der Waals surface area contributed by atoms with E-state index in [9.17, 15) is 4.79 Å². The van der Waals surface area contributed by atoms with Gasteiger partial charge in [0.05, 0.1) is 5.69 Å². The summed E-state index contributed by atoms with van der Waals surface area (Å²) >= 11 is 0. The van der Waals surface area contributed by atoms with E-state index in [-0.39, 0.29) is 5.78 Å². The number of carbonyl (C=O) groups is 1. The van der Waals surface area contributed by atoms with E-state index in [4.69, 9.17) is 5.73 Å². The molecule has 0 aromatic heterocycles. The van der Waals surface area contributed by atoms with Crippen molar-refractivity contribution in [3.63, 3.8) is 0 Å². The molecule has 152 valence electrons. The van der Waals surface area contributed by atoms with Gasteiger partial charge in [0.15, 0.2) is 5.78 Å². The molecule has 0 amide bonds. The molecule has 1 aliphatic rings. The maximum Gasteiger partial charge on any atom is 0.159 e. The summed E-state index contributed by atoms with van der Waals surface area (Å²) in [7, 11) is 1.76. The van der Waals surface area contributed by atoms with E-state index in [1.54, 1.807) is 20.2 Å². The van der Waals surface area contributed by atoms with Gasteiger partial charge in [-0.2, -0.15) is 0 Å². The Morgan fingerprint density at radius 1 is 1.27 bits per heavy atom. The fraction of sp³-hybridized carbons (Fsp3) is 0.269. The second-order valence-electron chi connectivity index (χ2n) is 7.52. The Morgan fingerprint density at radius 3 is 2.83 bits per heavy atom. The normalized spacial score (nSPS) is 15.6. The number of carbonyl (C=O) groups excluding carboxylic acids is 1. The van der Waals surface area contributed by atoms with E-state index in [0.29, 0.717) is 11.5 Å². The van der Waals surface area contributed by atoms with Gasteiger partial charge in [-0.05, 0) is 80.1 Å². The molecule has 0 aliphatic carbocycles. The molecular formula is C26H27N3O. The van der Waals surface area contributed by atoms with Crippen molar-refractivity contribution in [2.75, 3.05) is 7.05 Å². The first-order valence-corrected chi connectivity index (χ1v) is 10.1. The number of aryl methyl sites for hydroxylation is 1. The minimum atomic E-state index is 0.0463. The van der Waals surface area contributed by atoms with E-state index >= 15 is 0 Å². The Hall–Kier alpha value is -3.45. The van der Waals surface area contributed by atoms with Crippen molar-refractivity contribution < 1.29 is 4.79 Å². The van der Waals surface area contributed by atoms with Crippen LogP contribution in [-0.4, -0.2) is 25.3 Å². The highest BCUT2D eigenvalue weighted by Crippen LogP contribution is 2.36. The number of aliphatic imine (C=N–C) groups is 2. The zero-order valence-corrected chi connectivity index (χ0v) is 17.8. The lowest BCUT2D eigenvalue weighted by Crippen LogP contribution is -2.06. The molecular weight excluding hydrogens is 370 g/mol. The highest BCUT2D eigenvalue weighted by atomic mass is 16.1. The van der Waals surface area contributed by atoms with Gasteiger partial charge >= 0.3 is 0 Å². The Bertz CT molecular complexity index is 1100. The molecule has 0 spiro atoms. The predicted octanol–water partition coefficient (Wildman–Crippen LogP) is 5.11. The summed E-state index contributed by atoms with van der Waals surface area (Å²) < 4.78 is 0. The van der Waals surface area contributed by atoms with Gasteiger partial charge in [0.2, 0.25) is 0 Å². The lowest BCUT2D eigenvalue weighted by molar-refractivity contribution is 0.101. The summed E-state index contributed by atoms with van der Waals surface area (Å²) in [4.78, 5) is 20.3. The molecule has 4 heteroatoms. The smallest absolute Gasteiger partial charge is 0.159 e. The van der Waals surface area contributed by atoms with Gasteiger partial charge in [-0.25, -0.2) is 0 Å². The molecule has 1 unspecified atom stereocenters. The van der Waals surface area contributed by atoms with Crippen LogP contribution in [-0.2, 0) is 0 Å². The van der Waals surface area contributed by atoms with Crippen LogP contribution in [0.4, 0.5) is 5.69 Å². The Labute approximate surface area is 178 Å². The minimum Gasteiger partial charge on any atom is -0.404 e. The van der Waals surface area contributed by atoms with Crippen LogP contribution in [0.25, 0.3) is 0 Å². The third-order valence-electron chi connectivity index (χ3n) is 5.37. The molecule has 30 heavy (non-hydrogen) atoms. The van der Waals surface area contributed by atoms with Crippen LogP contribution in [0.15, 0.2) is 58.2 Å². The Morgan fingerprint density at radius 2 is 2.10 bits per heavy atom. The van der Waals surface area contributed by atoms with Crippen LogP contribution in [0.2, 0.25) is 0 Å². The van der Waals surface area contributed by atoms with Crippen molar-refractivity contribution in [2.45, 2.75) is 39.0 Å². The average molecular weight is 398 g/mol. The summed E-state index contributed by atoms with van der Waals surface area (Å²) in [5.74, 6) is 6.90. The highest BCUT2D eigenvalue weighted by Gasteiger charge is 2.18. The summed E-state index contributed by atoms with van der Waals surface area (Å²) in [5.41, 5.74) is 12.5. The number of benzene rings is 2. The number of Topliss-reactive ketones (excluding diaryl/α,β-unsaturated/α-hetero) is 1. The van der Waals surface area contributed by atoms with Gasteiger partial charge < -0.3 is 5.73 Å². The van der Waals surface area contributed by atoms with Gasteiger partial charge in [0, 0.05) is 36.2 Å². The van der Waals surface area contributed by atoms with Gasteiger partial charge in [0.25, 0.3) is 0 Å². The Kier molecular flexibility index (Phi) is 6.98. The average Bonchev–Trinajstić information content (AvgIpc) is 2.75. The van der Waals surface area contributed by atoms with Crippen LogP contribution in [0.1, 0.15) is 64.7 Å². The molecule has 4 nitrogen and oxygen atoms in total. The number of nitrogens with zero attached hydrogens (tertiary/aromatic N) is 2. The molecule has 0 bridgehead atoms. The van der Waals surface area contributed by atoms with Crippen LogP contribution in [0.3, 0.4) is 0 Å². The summed E-state index contributed by atoms with van der Waals surface area (Å²) in [6, 6.07) is 11.9. The highest BCUT2D eigenvalue weighted by molar-refractivity contribution is 5.94. The van der Waals surface area contributed by atoms with E-state index < -0.39 is 0 Å². The molecule has 0 fully saturated rings. The quantitative estimate of drug-likeness (QED) is 0.433. The topological polar surface area (TPSA) is 67.8 Å². The maximum absolute atomic E-state index is 11.6. The standard InChI is InChI=1S/C26H27N3O/c1-18-4-8-24(19(2)30)15-23(18)10-5-20-7-11-25-22(12-13-29-26(25)14-20)9-6-21(16-27)17-28-3/h4,7-8,11,13-17,22H,6,9,12,27H2,1-3H3. The molecule has 0 saturated heterocycles. The first-order chi connectivity index (χ1) is 14.5. The predicted molar refractivity (Wildman–Crippen MR) is 125 cm³/mol. The largest absolute Gasteiger partial charge is 0.404 e. The van der Waals surface area contributed by atoms with Crippen molar-refractivity contribution in [3.05, 3.63) is 76.0 Å².